The highest BCUT2D eigenvalue weighted by molar-refractivity contribution is 5.45. The van der Waals surface area contributed by atoms with Gasteiger partial charge in [-0.1, -0.05) is 26.2 Å². The molecule has 1 aliphatic rings. The molecule has 0 saturated heterocycles. The van der Waals surface area contributed by atoms with Crippen LogP contribution >= 0.6 is 0 Å². The Morgan fingerprint density at radius 1 is 1.30 bits per heavy atom. The first kappa shape index (κ1) is 16.2. The number of aromatic nitrogens is 4. The maximum Gasteiger partial charge on any atom is 0.254 e. The summed E-state index contributed by atoms with van der Waals surface area (Å²) in [5.41, 5.74) is 0.882. The molecule has 0 aromatic carbocycles. The van der Waals surface area contributed by atoms with Gasteiger partial charge in [0.05, 0.1) is 12.3 Å². The van der Waals surface area contributed by atoms with Crippen molar-refractivity contribution in [1.29, 1.82) is 0 Å². The molecule has 0 radical (unpaired) electrons. The molecule has 0 spiro atoms. The molecule has 0 atom stereocenters. The topological polar surface area (TPSA) is 64.3 Å². The fraction of sp³-hybridized carbons (Fsp3) is 0.706. The van der Waals surface area contributed by atoms with Crippen LogP contribution in [0.15, 0.2) is 12.4 Å². The zero-order chi connectivity index (χ0) is 16.1. The van der Waals surface area contributed by atoms with Gasteiger partial charge in [0.2, 0.25) is 0 Å². The fourth-order valence-electron chi connectivity index (χ4n) is 3.48. The van der Waals surface area contributed by atoms with Crippen LogP contribution in [0, 0.1) is 5.92 Å². The lowest BCUT2D eigenvalue weighted by atomic mass is 9.83. The number of anilines is 1. The summed E-state index contributed by atoms with van der Waals surface area (Å²) in [6.45, 7) is 2.76. The van der Waals surface area contributed by atoms with Crippen LogP contribution in [0.2, 0.25) is 0 Å². The first-order valence-electron chi connectivity index (χ1n) is 8.75. The number of nitrogens with one attached hydrogen (secondary N) is 1. The van der Waals surface area contributed by atoms with Crippen LogP contribution in [0.1, 0.15) is 57.6 Å². The lowest BCUT2D eigenvalue weighted by Crippen LogP contribution is -2.27. The minimum absolute atomic E-state index is 0.488. The van der Waals surface area contributed by atoms with Crippen molar-refractivity contribution in [2.75, 3.05) is 12.4 Å². The van der Waals surface area contributed by atoms with E-state index in [4.69, 9.17) is 4.74 Å². The van der Waals surface area contributed by atoms with E-state index in [1.54, 1.807) is 18.0 Å². The second-order valence-corrected chi connectivity index (χ2v) is 6.54. The van der Waals surface area contributed by atoms with Crippen molar-refractivity contribution in [3.8, 4) is 0 Å². The Kier molecular flexibility index (Phi) is 5.43. The minimum Gasteiger partial charge on any atom is -0.378 e. The third kappa shape index (κ3) is 3.99. The Balaban J connectivity index is 1.66. The molecule has 6 nitrogen and oxygen atoms in total. The zero-order valence-corrected chi connectivity index (χ0v) is 14.2. The van der Waals surface area contributed by atoms with Gasteiger partial charge < -0.3 is 10.1 Å². The summed E-state index contributed by atoms with van der Waals surface area (Å²) in [6, 6.07) is 2.53. The van der Waals surface area contributed by atoms with E-state index in [0.717, 1.165) is 17.4 Å². The summed E-state index contributed by atoms with van der Waals surface area (Å²) in [6.07, 6.45) is 10.7. The number of rotatable bonds is 7. The van der Waals surface area contributed by atoms with Crippen LogP contribution in [0.4, 0.5) is 5.82 Å². The molecule has 23 heavy (non-hydrogen) atoms. The maximum atomic E-state index is 5.20. The van der Waals surface area contributed by atoms with Crippen LogP contribution in [0.5, 0.6) is 0 Å². The molecule has 2 heterocycles. The van der Waals surface area contributed by atoms with Crippen LogP contribution < -0.4 is 5.32 Å². The van der Waals surface area contributed by atoms with Gasteiger partial charge in [0.1, 0.15) is 12.1 Å². The largest absolute Gasteiger partial charge is 0.378 e. The summed E-state index contributed by atoms with van der Waals surface area (Å²) >= 11 is 0. The predicted octanol–water partition coefficient (Wildman–Crippen LogP) is 3.43. The molecule has 0 amide bonds. The van der Waals surface area contributed by atoms with Gasteiger partial charge in [-0.2, -0.15) is 14.6 Å². The Bertz CT molecular complexity index is 618. The molecule has 1 saturated carbocycles. The zero-order valence-electron chi connectivity index (χ0n) is 14.2. The van der Waals surface area contributed by atoms with E-state index in [9.17, 15) is 0 Å². The Morgan fingerprint density at radius 2 is 2.13 bits per heavy atom. The number of nitrogens with zero attached hydrogens (tertiary/aromatic N) is 4. The summed E-state index contributed by atoms with van der Waals surface area (Å²) in [5, 5.41) is 7.93. The molecular weight excluding hydrogens is 290 g/mol. The first-order chi connectivity index (χ1) is 11.3. The summed E-state index contributed by atoms with van der Waals surface area (Å²) in [4.78, 5) is 8.66. The number of ether oxygens (including phenoxy) is 1. The number of hydrogen-bond donors (Lipinski definition) is 1. The van der Waals surface area contributed by atoms with Crippen molar-refractivity contribution in [1.82, 2.24) is 19.6 Å². The molecule has 0 unspecified atom stereocenters. The third-order valence-electron chi connectivity index (χ3n) is 4.76. The van der Waals surface area contributed by atoms with Crippen LogP contribution in [0.25, 0.3) is 5.78 Å². The van der Waals surface area contributed by atoms with Gasteiger partial charge >= 0.3 is 0 Å². The fourth-order valence-corrected chi connectivity index (χ4v) is 3.48. The van der Waals surface area contributed by atoms with Crippen LogP contribution in [0.3, 0.4) is 0 Å². The highest BCUT2D eigenvalue weighted by atomic mass is 16.5. The van der Waals surface area contributed by atoms with Gasteiger partial charge in [0, 0.05) is 19.2 Å². The van der Waals surface area contributed by atoms with E-state index in [1.807, 2.05) is 6.07 Å². The van der Waals surface area contributed by atoms with Crippen molar-refractivity contribution >= 4 is 11.6 Å². The van der Waals surface area contributed by atoms with Crippen LogP contribution in [-0.2, 0) is 11.3 Å². The number of hydrogen-bond acceptors (Lipinski definition) is 5. The molecule has 2 aromatic heterocycles. The van der Waals surface area contributed by atoms with E-state index in [0.29, 0.717) is 18.4 Å². The Hall–Kier alpha value is -1.69. The summed E-state index contributed by atoms with van der Waals surface area (Å²) in [5.74, 6) is 2.51. The van der Waals surface area contributed by atoms with Crippen molar-refractivity contribution in [2.45, 2.75) is 64.5 Å². The number of fused-ring (bicyclic) bond motifs is 1. The van der Waals surface area contributed by atoms with Crippen molar-refractivity contribution in [3.63, 3.8) is 0 Å². The van der Waals surface area contributed by atoms with E-state index in [-0.39, 0.29) is 0 Å². The smallest absolute Gasteiger partial charge is 0.254 e. The normalized spacial score (nSPS) is 21.7. The first-order valence-corrected chi connectivity index (χ1v) is 8.75. The van der Waals surface area contributed by atoms with E-state index < -0.39 is 0 Å². The Morgan fingerprint density at radius 3 is 2.87 bits per heavy atom. The average Bonchev–Trinajstić information content (AvgIpc) is 3.03. The molecular formula is C17H27N5O. The summed E-state index contributed by atoms with van der Waals surface area (Å²) < 4.78 is 6.98. The third-order valence-corrected chi connectivity index (χ3v) is 4.76. The SMILES string of the molecule is CCCCC1CCC(Nc2cc(COC)nc3ncnn23)CC1. The summed E-state index contributed by atoms with van der Waals surface area (Å²) in [7, 11) is 1.68. The molecule has 2 aromatic rings. The van der Waals surface area contributed by atoms with E-state index >= 15 is 0 Å². The average molecular weight is 317 g/mol. The predicted molar refractivity (Wildman–Crippen MR) is 90.4 cm³/mol. The quantitative estimate of drug-likeness (QED) is 0.847. The molecule has 6 heteroatoms. The molecule has 126 valence electrons. The van der Waals surface area contributed by atoms with Gasteiger partial charge in [-0.15, -0.1) is 0 Å². The molecule has 0 bridgehead atoms. The van der Waals surface area contributed by atoms with E-state index in [1.165, 1.54) is 44.9 Å². The van der Waals surface area contributed by atoms with Gasteiger partial charge in [0.15, 0.2) is 0 Å². The van der Waals surface area contributed by atoms with Gasteiger partial charge in [-0.25, -0.2) is 4.98 Å². The van der Waals surface area contributed by atoms with Crippen molar-refractivity contribution in [3.05, 3.63) is 18.1 Å². The monoisotopic (exact) mass is 317 g/mol. The van der Waals surface area contributed by atoms with E-state index in [2.05, 4.69) is 27.3 Å². The standard InChI is InChI=1S/C17H27N5O/c1-3-4-5-13-6-8-14(9-7-13)20-16-10-15(11-23-2)21-17-18-12-19-22(16)17/h10,12-14,20H,3-9,11H2,1-2H3. The highest BCUT2D eigenvalue weighted by Gasteiger charge is 2.21. The second-order valence-electron chi connectivity index (χ2n) is 6.54. The molecule has 1 aliphatic carbocycles. The van der Waals surface area contributed by atoms with Gasteiger partial charge in [-0.05, 0) is 31.6 Å². The minimum atomic E-state index is 0.488. The van der Waals surface area contributed by atoms with Crippen LogP contribution in [-0.4, -0.2) is 32.7 Å². The van der Waals surface area contributed by atoms with Crippen molar-refractivity contribution < 1.29 is 4.74 Å². The van der Waals surface area contributed by atoms with Gasteiger partial charge in [0.25, 0.3) is 5.78 Å². The molecule has 1 N–H and O–H groups in total. The van der Waals surface area contributed by atoms with Gasteiger partial charge in [-0.3, -0.25) is 0 Å². The Labute approximate surface area is 137 Å². The lowest BCUT2D eigenvalue weighted by Gasteiger charge is -2.29. The molecule has 1 fully saturated rings. The lowest BCUT2D eigenvalue weighted by molar-refractivity contribution is 0.181. The molecule has 3 rings (SSSR count). The number of unbranched alkanes of at least 4 members (excludes halogenated alkanes) is 1. The molecule has 0 aliphatic heterocycles. The number of methoxy groups -OCH3 is 1. The second kappa shape index (κ2) is 7.73. The highest BCUT2D eigenvalue weighted by Crippen LogP contribution is 2.30. The van der Waals surface area contributed by atoms with Crippen molar-refractivity contribution in [2.24, 2.45) is 5.92 Å². The maximum absolute atomic E-state index is 5.20.